The molecule has 0 amide bonds. The highest BCUT2D eigenvalue weighted by atomic mass is 19.4. The van der Waals surface area contributed by atoms with Gasteiger partial charge in [0, 0.05) is 12.7 Å². The number of rotatable bonds is 10. The molecule has 0 aliphatic rings. The van der Waals surface area contributed by atoms with Crippen molar-refractivity contribution in [1.29, 1.82) is 0 Å². The first-order valence-electron chi connectivity index (χ1n) is 11.4. The van der Waals surface area contributed by atoms with Crippen LogP contribution in [0, 0.1) is 0 Å². The van der Waals surface area contributed by atoms with Gasteiger partial charge in [-0.2, -0.15) is 26.3 Å². The number of ketones is 1. The molecule has 0 saturated carbocycles. The van der Waals surface area contributed by atoms with Gasteiger partial charge in [0.25, 0.3) is 0 Å². The number of carbonyl (C=O) groups is 2. The van der Waals surface area contributed by atoms with Gasteiger partial charge >= 0.3 is 18.3 Å². The third kappa shape index (κ3) is 7.99. The van der Waals surface area contributed by atoms with Gasteiger partial charge in [-0.25, -0.2) is 0 Å². The Balaban J connectivity index is 2.60. The molecule has 0 aliphatic heterocycles. The van der Waals surface area contributed by atoms with Gasteiger partial charge in [-0.15, -0.1) is 0 Å². The first-order valence-corrected chi connectivity index (χ1v) is 11.4. The predicted molar refractivity (Wildman–Crippen MR) is 127 cm³/mol. The second kappa shape index (κ2) is 12.2. The summed E-state index contributed by atoms with van der Waals surface area (Å²) < 4.78 is 93.4. The van der Waals surface area contributed by atoms with Crippen LogP contribution in [0.2, 0.25) is 0 Å². The Hall–Kier alpha value is -3.50. The number of anilines is 1. The number of esters is 1. The van der Waals surface area contributed by atoms with Crippen LogP contribution < -0.4 is 10.1 Å². The number of nitrogens with one attached hydrogen (secondary N) is 1. The maximum atomic E-state index is 13.9. The van der Waals surface area contributed by atoms with Gasteiger partial charge in [-0.3, -0.25) is 9.59 Å². The van der Waals surface area contributed by atoms with E-state index in [1.165, 1.54) is 25.1 Å². The highest BCUT2D eigenvalue weighted by molar-refractivity contribution is 6.04. The normalized spacial score (nSPS) is 12.9. The van der Waals surface area contributed by atoms with Crippen molar-refractivity contribution in [2.45, 2.75) is 51.9 Å². The Labute approximate surface area is 210 Å². The van der Waals surface area contributed by atoms with Crippen LogP contribution in [0.3, 0.4) is 0 Å². The van der Waals surface area contributed by atoms with Crippen molar-refractivity contribution in [3.8, 4) is 11.5 Å². The third-order valence-corrected chi connectivity index (χ3v) is 5.46. The smallest absolute Gasteiger partial charge is 0.420 e. The fraction of sp³-hybridized carbons (Fsp3) is 0.385. The molecule has 0 spiro atoms. The molecule has 1 N–H and O–H groups in total. The second-order valence-electron chi connectivity index (χ2n) is 8.13. The van der Waals surface area contributed by atoms with Crippen molar-refractivity contribution in [1.82, 2.24) is 0 Å². The van der Waals surface area contributed by atoms with E-state index in [0.717, 1.165) is 12.2 Å². The highest BCUT2D eigenvalue weighted by Crippen LogP contribution is 2.47. The molecule has 0 bridgehead atoms. The lowest BCUT2D eigenvalue weighted by atomic mass is 9.96. The van der Waals surface area contributed by atoms with E-state index in [0.29, 0.717) is 29.8 Å². The lowest BCUT2D eigenvalue weighted by Gasteiger charge is -2.21. The molecule has 0 fully saturated rings. The van der Waals surface area contributed by atoms with Crippen molar-refractivity contribution >= 4 is 23.5 Å². The Morgan fingerprint density at radius 3 is 2.08 bits per heavy atom. The molecule has 5 nitrogen and oxygen atoms in total. The number of benzene rings is 2. The maximum absolute atomic E-state index is 13.9. The molecule has 2 aromatic carbocycles. The zero-order valence-corrected chi connectivity index (χ0v) is 20.6. The Morgan fingerprint density at radius 1 is 1.00 bits per heavy atom. The van der Waals surface area contributed by atoms with Crippen LogP contribution >= 0.6 is 0 Å². The molecule has 1 atom stereocenters. The molecule has 2 rings (SSSR count). The minimum absolute atomic E-state index is 0.0116. The third-order valence-electron chi connectivity index (χ3n) is 5.46. The van der Waals surface area contributed by atoms with Crippen LogP contribution in [-0.4, -0.2) is 25.4 Å². The molecular weight excluding hydrogens is 504 g/mol. The minimum Gasteiger partial charge on any atom is -0.466 e. The number of alkyl halides is 6. The topological polar surface area (TPSA) is 64.6 Å². The number of hydrogen-bond acceptors (Lipinski definition) is 5. The summed E-state index contributed by atoms with van der Waals surface area (Å²) >= 11 is 0. The summed E-state index contributed by atoms with van der Waals surface area (Å²) in [5.41, 5.74) is -2.54. The number of carbonyl (C=O) groups excluding carboxylic acids is 2. The SMILES string of the molecule is CCOC(=O)CC(=O)/C=C/c1cc(C(F)(F)F)c(Oc2ccc(NC)c(C(C)CC)c2)c(C(F)(F)F)c1. The van der Waals surface area contributed by atoms with Crippen molar-refractivity contribution in [3.05, 3.63) is 58.7 Å². The van der Waals surface area contributed by atoms with E-state index in [4.69, 9.17) is 4.74 Å². The van der Waals surface area contributed by atoms with Crippen LogP contribution in [0.15, 0.2) is 36.4 Å². The number of hydrogen-bond donors (Lipinski definition) is 1. The standard InChI is InChI=1S/C26H27F6NO4/c1-5-15(3)19-14-18(9-10-22(19)33-4)37-24-20(25(27,28)29)11-16(12-21(24)26(30,31)32)7-8-17(34)13-23(35)36-6-2/h7-12,14-15,33H,5-6,13H2,1-4H3/b8-7+. The summed E-state index contributed by atoms with van der Waals surface area (Å²) in [5, 5.41) is 2.94. The van der Waals surface area contributed by atoms with Crippen molar-refractivity contribution in [2.75, 3.05) is 19.0 Å². The van der Waals surface area contributed by atoms with E-state index in [1.54, 1.807) is 7.05 Å². The maximum Gasteiger partial charge on any atom is 0.420 e. The quantitative estimate of drug-likeness (QED) is 0.148. The molecule has 37 heavy (non-hydrogen) atoms. The molecule has 11 heteroatoms. The van der Waals surface area contributed by atoms with Gasteiger partial charge in [-0.05, 0) is 66.8 Å². The number of ether oxygens (including phenoxy) is 2. The summed E-state index contributed by atoms with van der Waals surface area (Å²) in [6, 6.07) is 5.11. The summed E-state index contributed by atoms with van der Waals surface area (Å²) in [4.78, 5) is 23.3. The Kier molecular flexibility index (Phi) is 9.77. The fourth-order valence-corrected chi connectivity index (χ4v) is 3.46. The zero-order valence-electron chi connectivity index (χ0n) is 20.6. The molecule has 2 aromatic rings. The van der Waals surface area contributed by atoms with Gasteiger partial charge in [-0.1, -0.05) is 19.9 Å². The Bertz CT molecular complexity index is 1120. The molecule has 0 heterocycles. The summed E-state index contributed by atoms with van der Waals surface area (Å²) in [5.74, 6) is -3.35. The highest BCUT2D eigenvalue weighted by Gasteiger charge is 2.43. The van der Waals surface area contributed by atoms with Crippen LogP contribution in [-0.2, 0) is 26.7 Å². The number of halogens is 6. The molecular formula is C26H27F6NO4. The lowest BCUT2D eigenvalue weighted by Crippen LogP contribution is -2.15. The molecule has 202 valence electrons. The van der Waals surface area contributed by atoms with E-state index in [1.807, 2.05) is 13.8 Å². The van der Waals surface area contributed by atoms with Gasteiger partial charge < -0.3 is 14.8 Å². The van der Waals surface area contributed by atoms with E-state index in [9.17, 15) is 35.9 Å². The van der Waals surface area contributed by atoms with E-state index in [-0.39, 0.29) is 18.3 Å². The van der Waals surface area contributed by atoms with Crippen molar-refractivity contribution in [2.24, 2.45) is 0 Å². The van der Waals surface area contributed by atoms with Gasteiger partial charge in [0.2, 0.25) is 0 Å². The second-order valence-corrected chi connectivity index (χ2v) is 8.13. The minimum atomic E-state index is -5.21. The first-order chi connectivity index (χ1) is 17.2. The summed E-state index contributed by atoms with van der Waals surface area (Å²) in [7, 11) is 1.65. The zero-order chi connectivity index (χ0) is 28.0. The van der Waals surface area contributed by atoms with Crippen LogP contribution in [0.25, 0.3) is 6.08 Å². The van der Waals surface area contributed by atoms with Crippen molar-refractivity contribution in [3.63, 3.8) is 0 Å². The average Bonchev–Trinajstić information content (AvgIpc) is 2.81. The van der Waals surface area contributed by atoms with Crippen LogP contribution in [0.1, 0.15) is 61.8 Å². The van der Waals surface area contributed by atoms with Crippen molar-refractivity contribution < 1.29 is 45.4 Å². The molecule has 0 saturated heterocycles. The molecule has 0 radical (unpaired) electrons. The van der Waals surface area contributed by atoms with Gasteiger partial charge in [0.1, 0.15) is 12.2 Å². The van der Waals surface area contributed by atoms with E-state index < -0.39 is 53.0 Å². The first kappa shape index (κ1) is 29.7. The summed E-state index contributed by atoms with van der Waals surface area (Å²) in [6.45, 7) is 5.29. The van der Waals surface area contributed by atoms with Crippen LogP contribution in [0.5, 0.6) is 11.5 Å². The monoisotopic (exact) mass is 531 g/mol. The average molecular weight is 531 g/mol. The summed E-state index contributed by atoms with van der Waals surface area (Å²) in [6.07, 6.45) is -8.95. The molecule has 1 unspecified atom stereocenters. The van der Waals surface area contributed by atoms with Gasteiger partial charge in [0.05, 0.1) is 17.7 Å². The Morgan fingerprint density at radius 2 is 1.59 bits per heavy atom. The van der Waals surface area contributed by atoms with Gasteiger partial charge in [0.15, 0.2) is 11.5 Å². The molecule has 0 aromatic heterocycles. The molecule has 0 aliphatic carbocycles. The number of allylic oxidation sites excluding steroid dienone is 1. The predicted octanol–water partition coefficient (Wildman–Crippen LogP) is 7.61. The largest absolute Gasteiger partial charge is 0.466 e. The fourth-order valence-electron chi connectivity index (χ4n) is 3.46. The van der Waals surface area contributed by atoms with E-state index >= 15 is 0 Å². The van der Waals surface area contributed by atoms with Crippen LogP contribution in [0.4, 0.5) is 32.0 Å². The lowest BCUT2D eigenvalue weighted by molar-refractivity contribution is -0.146. The van der Waals surface area contributed by atoms with E-state index in [2.05, 4.69) is 10.1 Å².